The van der Waals surface area contributed by atoms with Crippen LogP contribution in [0.15, 0.2) is 0 Å². The third-order valence-corrected chi connectivity index (χ3v) is 6.45. The van der Waals surface area contributed by atoms with Crippen LogP contribution in [0.5, 0.6) is 0 Å². The highest BCUT2D eigenvalue weighted by molar-refractivity contribution is 6.09. The van der Waals surface area contributed by atoms with E-state index in [9.17, 15) is 14.4 Å². The lowest BCUT2D eigenvalue weighted by Crippen LogP contribution is -2.54. The fourth-order valence-electron chi connectivity index (χ4n) is 4.61. The van der Waals surface area contributed by atoms with Crippen LogP contribution in [0, 0.1) is 11.8 Å². The minimum Gasteiger partial charge on any atom is -0.341 e. The van der Waals surface area contributed by atoms with Crippen LogP contribution in [0.2, 0.25) is 0 Å². The van der Waals surface area contributed by atoms with E-state index in [-0.39, 0.29) is 24.3 Å². The molecule has 1 saturated carbocycles. The van der Waals surface area contributed by atoms with Crippen LogP contribution in [0.1, 0.15) is 52.4 Å². The van der Waals surface area contributed by atoms with Crippen molar-refractivity contribution in [2.75, 3.05) is 32.7 Å². The van der Waals surface area contributed by atoms with Gasteiger partial charge < -0.3 is 15.5 Å². The van der Waals surface area contributed by atoms with Crippen molar-refractivity contribution >= 4 is 17.8 Å². The molecule has 3 aliphatic rings. The zero-order valence-electron chi connectivity index (χ0n) is 16.1. The Labute approximate surface area is 155 Å². The van der Waals surface area contributed by atoms with Crippen LogP contribution in [0.25, 0.3) is 0 Å². The van der Waals surface area contributed by atoms with Crippen LogP contribution in [0.3, 0.4) is 0 Å². The summed E-state index contributed by atoms with van der Waals surface area (Å²) >= 11 is 0. The molecule has 1 spiro atoms. The van der Waals surface area contributed by atoms with E-state index in [0.29, 0.717) is 25.4 Å². The number of nitrogens with zero attached hydrogens (tertiary/aromatic N) is 2. The maximum atomic E-state index is 13.0. The van der Waals surface area contributed by atoms with Crippen LogP contribution in [-0.2, 0) is 9.59 Å². The van der Waals surface area contributed by atoms with Crippen LogP contribution in [0.4, 0.5) is 4.79 Å². The predicted molar refractivity (Wildman–Crippen MR) is 98.5 cm³/mol. The molecule has 2 unspecified atom stereocenters. The number of amides is 4. The van der Waals surface area contributed by atoms with Crippen LogP contribution < -0.4 is 10.6 Å². The molecule has 7 heteroatoms. The molecule has 0 bridgehead atoms. The number of carbonyl (C=O) groups excluding carboxylic acids is 3. The van der Waals surface area contributed by atoms with Crippen molar-refractivity contribution in [2.45, 2.75) is 57.9 Å². The van der Waals surface area contributed by atoms with Gasteiger partial charge in [-0.1, -0.05) is 26.7 Å². The molecule has 2 heterocycles. The maximum absolute atomic E-state index is 13.0. The fraction of sp³-hybridized carbons (Fsp3) is 0.842. The number of rotatable bonds is 5. The Balaban J connectivity index is 1.56. The van der Waals surface area contributed by atoms with Crippen molar-refractivity contribution in [3.63, 3.8) is 0 Å². The molecule has 0 aromatic rings. The molecular weight excluding hydrogens is 332 g/mol. The predicted octanol–water partition coefficient (Wildman–Crippen LogP) is 1.34. The van der Waals surface area contributed by atoms with E-state index in [0.717, 1.165) is 50.1 Å². The van der Waals surface area contributed by atoms with Crippen molar-refractivity contribution in [1.82, 2.24) is 20.4 Å². The highest BCUT2D eigenvalue weighted by atomic mass is 16.2. The third kappa shape index (κ3) is 3.59. The second-order valence-electron chi connectivity index (χ2n) is 8.07. The van der Waals surface area contributed by atoms with Gasteiger partial charge in [0.25, 0.3) is 5.91 Å². The summed E-state index contributed by atoms with van der Waals surface area (Å²) in [6, 6.07) is -0.404. The number of likely N-dealkylation sites (tertiary alicyclic amines) is 1. The monoisotopic (exact) mass is 364 g/mol. The molecule has 4 amide bonds. The normalized spacial score (nSPS) is 30.2. The lowest BCUT2D eigenvalue weighted by Gasteiger charge is -2.37. The second kappa shape index (κ2) is 7.94. The number of nitrogens with one attached hydrogen (secondary N) is 2. The van der Waals surface area contributed by atoms with E-state index in [1.165, 1.54) is 0 Å². The Hall–Kier alpha value is -1.63. The first-order chi connectivity index (χ1) is 12.5. The summed E-state index contributed by atoms with van der Waals surface area (Å²) in [7, 11) is 0. The molecule has 3 fully saturated rings. The molecule has 3 rings (SSSR count). The first kappa shape index (κ1) is 19.1. The molecular formula is C19H32N4O3. The smallest absolute Gasteiger partial charge is 0.325 e. The van der Waals surface area contributed by atoms with Gasteiger partial charge in [0.05, 0.1) is 0 Å². The highest BCUT2D eigenvalue weighted by Gasteiger charge is 2.55. The average Bonchev–Trinajstić information content (AvgIpc) is 2.88. The standard InChI is InChI=1S/C19H32N4O3/c1-3-20-12-15-7-10-22(11-8-15)16(24)13-23-17(25)19(21-18(23)26)9-5-4-6-14(19)2/h14-15,20H,3-13H2,1-2H3,(H,21,26). The number of piperidine rings is 1. The van der Waals surface area contributed by atoms with E-state index in [4.69, 9.17) is 0 Å². The molecule has 146 valence electrons. The molecule has 2 atom stereocenters. The van der Waals surface area contributed by atoms with Crippen molar-refractivity contribution in [2.24, 2.45) is 11.8 Å². The summed E-state index contributed by atoms with van der Waals surface area (Å²) in [4.78, 5) is 41.0. The van der Waals surface area contributed by atoms with Crippen LogP contribution >= 0.6 is 0 Å². The lowest BCUT2D eigenvalue weighted by atomic mass is 9.73. The summed E-state index contributed by atoms with van der Waals surface area (Å²) < 4.78 is 0. The summed E-state index contributed by atoms with van der Waals surface area (Å²) in [5, 5.41) is 6.28. The van der Waals surface area contributed by atoms with E-state index in [2.05, 4.69) is 17.6 Å². The molecule has 0 radical (unpaired) electrons. The molecule has 2 aliphatic heterocycles. The van der Waals surface area contributed by atoms with Gasteiger partial charge in [0, 0.05) is 13.1 Å². The lowest BCUT2D eigenvalue weighted by molar-refractivity contribution is -0.141. The largest absolute Gasteiger partial charge is 0.341 e. The Kier molecular flexibility index (Phi) is 5.85. The van der Waals surface area contributed by atoms with E-state index < -0.39 is 11.6 Å². The van der Waals surface area contributed by atoms with Crippen molar-refractivity contribution < 1.29 is 14.4 Å². The van der Waals surface area contributed by atoms with Crippen LogP contribution in [-0.4, -0.2) is 65.9 Å². The van der Waals surface area contributed by atoms with Gasteiger partial charge in [-0.25, -0.2) is 4.79 Å². The summed E-state index contributed by atoms with van der Waals surface area (Å²) in [5.74, 6) is 0.401. The van der Waals surface area contributed by atoms with Gasteiger partial charge in [-0.2, -0.15) is 0 Å². The number of hydrogen-bond acceptors (Lipinski definition) is 4. The number of carbonyl (C=O) groups is 3. The maximum Gasteiger partial charge on any atom is 0.325 e. The first-order valence-corrected chi connectivity index (χ1v) is 10.1. The van der Waals surface area contributed by atoms with E-state index in [1.54, 1.807) is 4.90 Å². The van der Waals surface area contributed by atoms with Gasteiger partial charge >= 0.3 is 6.03 Å². The number of hydrogen-bond donors (Lipinski definition) is 2. The zero-order valence-corrected chi connectivity index (χ0v) is 16.1. The molecule has 1 aliphatic carbocycles. The zero-order chi connectivity index (χ0) is 18.7. The minimum absolute atomic E-state index is 0.115. The molecule has 2 N–H and O–H groups in total. The molecule has 0 aromatic heterocycles. The topological polar surface area (TPSA) is 81.8 Å². The average molecular weight is 364 g/mol. The van der Waals surface area contributed by atoms with E-state index in [1.807, 2.05) is 6.92 Å². The van der Waals surface area contributed by atoms with Gasteiger partial charge in [0.1, 0.15) is 12.1 Å². The first-order valence-electron chi connectivity index (χ1n) is 10.1. The van der Waals surface area contributed by atoms with Gasteiger partial charge in [-0.05, 0) is 50.6 Å². The van der Waals surface area contributed by atoms with Gasteiger partial charge in [0.2, 0.25) is 5.91 Å². The Morgan fingerprint density at radius 3 is 2.62 bits per heavy atom. The third-order valence-electron chi connectivity index (χ3n) is 6.45. The molecule has 0 aromatic carbocycles. The molecule has 26 heavy (non-hydrogen) atoms. The quantitative estimate of drug-likeness (QED) is 0.721. The van der Waals surface area contributed by atoms with E-state index >= 15 is 0 Å². The fourth-order valence-corrected chi connectivity index (χ4v) is 4.61. The highest BCUT2D eigenvalue weighted by Crippen LogP contribution is 2.38. The second-order valence-corrected chi connectivity index (χ2v) is 8.07. The Morgan fingerprint density at radius 2 is 1.96 bits per heavy atom. The van der Waals surface area contributed by atoms with Crippen molar-refractivity contribution in [3.8, 4) is 0 Å². The van der Waals surface area contributed by atoms with Crippen molar-refractivity contribution in [3.05, 3.63) is 0 Å². The molecule has 7 nitrogen and oxygen atoms in total. The summed E-state index contributed by atoms with van der Waals surface area (Å²) in [6.07, 6.45) is 5.59. The Bertz CT molecular complexity index is 559. The minimum atomic E-state index is -0.783. The SMILES string of the molecule is CCNCC1CCN(C(=O)CN2C(=O)NC3(CCCCC3C)C2=O)CC1. The van der Waals surface area contributed by atoms with Gasteiger partial charge in [0.15, 0.2) is 0 Å². The van der Waals surface area contributed by atoms with Gasteiger partial charge in [-0.15, -0.1) is 0 Å². The summed E-state index contributed by atoms with van der Waals surface area (Å²) in [6.45, 7) is 7.36. The number of urea groups is 1. The van der Waals surface area contributed by atoms with Crippen molar-refractivity contribution in [1.29, 1.82) is 0 Å². The molecule has 2 saturated heterocycles. The van der Waals surface area contributed by atoms with Gasteiger partial charge in [-0.3, -0.25) is 14.5 Å². The number of imide groups is 1. The summed E-state index contributed by atoms with van der Waals surface area (Å²) in [5.41, 5.74) is -0.783. The Morgan fingerprint density at radius 1 is 1.23 bits per heavy atom.